The molecule has 0 amide bonds. The van der Waals surface area contributed by atoms with Gasteiger partial charge in [0.05, 0.1) is 32.5 Å². The maximum absolute atomic E-state index is 12.0. The molecule has 140 valence electrons. The summed E-state index contributed by atoms with van der Waals surface area (Å²) >= 11 is 0.976. The zero-order chi connectivity index (χ0) is 18.2. The van der Waals surface area contributed by atoms with Gasteiger partial charge in [0.25, 0.3) is 0 Å². The number of esters is 3. The molecule has 0 fully saturated rings. The highest BCUT2D eigenvalue weighted by molar-refractivity contribution is 8.01. The van der Waals surface area contributed by atoms with Gasteiger partial charge in [-0.25, -0.2) is 0 Å². The smallest absolute Gasteiger partial charge is 0.319 e. The van der Waals surface area contributed by atoms with Gasteiger partial charge in [0.15, 0.2) is 0 Å². The lowest BCUT2D eigenvalue weighted by Gasteiger charge is -2.15. The number of thioether (sulfide) groups is 1. The van der Waals surface area contributed by atoms with Crippen molar-refractivity contribution in [3.05, 3.63) is 0 Å². The van der Waals surface area contributed by atoms with E-state index in [0.717, 1.165) is 11.8 Å². The van der Waals surface area contributed by atoms with Crippen LogP contribution in [0.25, 0.3) is 0 Å². The van der Waals surface area contributed by atoms with Crippen molar-refractivity contribution in [2.24, 2.45) is 0 Å². The van der Waals surface area contributed by atoms with Crippen LogP contribution in [0.4, 0.5) is 0 Å². The molecule has 0 N–H and O–H groups in total. The summed E-state index contributed by atoms with van der Waals surface area (Å²) in [7, 11) is 1.25. The quantitative estimate of drug-likeness (QED) is 0.251. The molecule has 0 rings (SSSR count). The molecule has 0 aromatic rings. The molecule has 0 spiro atoms. The van der Waals surface area contributed by atoms with Crippen LogP contribution in [0.2, 0.25) is 0 Å². The van der Waals surface area contributed by atoms with Crippen LogP contribution in [0.15, 0.2) is 0 Å². The molecule has 8 nitrogen and oxygen atoms in total. The summed E-state index contributed by atoms with van der Waals surface area (Å²) in [5.41, 5.74) is 0. The Kier molecular flexibility index (Phi) is 14.4. The van der Waals surface area contributed by atoms with E-state index >= 15 is 0 Å². The second-order valence-electron chi connectivity index (χ2n) is 4.36. The Labute approximate surface area is 146 Å². The third-order valence-corrected chi connectivity index (χ3v) is 3.78. The fourth-order valence-corrected chi connectivity index (χ4v) is 2.36. The first-order valence-electron chi connectivity index (χ1n) is 7.71. The van der Waals surface area contributed by atoms with Gasteiger partial charge in [0.2, 0.25) is 0 Å². The Hall–Kier alpha value is -1.32. The van der Waals surface area contributed by atoms with Crippen molar-refractivity contribution in [1.82, 2.24) is 0 Å². The zero-order valence-electron chi connectivity index (χ0n) is 14.4. The number of hydrogen-bond donors (Lipinski definition) is 0. The largest absolute Gasteiger partial charge is 0.468 e. The zero-order valence-corrected chi connectivity index (χ0v) is 15.2. The fourth-order valence-electron chi connectivity index (χ4n) is 1.45. The van der Waals surface area contributed by atoms with Crippen LogP contribution in [0.5, 0.6) is 0 Å². The van der Waals surface area contributed by atoms with Crippen molar-refractivity contribution in [3.63, 3.8) is 0 Å². The number of methoxy groups -OCH3 is 1. The highest BCUT2D eigenvalue weighted by Crippen LogP contribution is 2.17. The lowest BCUT2D eigenvalue weighted by molar-refractivity contribution is -0.151. The monoisotopic (exact) mass is 366 g/mol. The van der Waals surface area contributed by atoms with Crippen LogP contribution in [-0.2, 0) is 38.1 Å². The van der Waals surface area contributed by atoms with Gasteiger partial charge in [0.1, 0.15) is 18.5 Å². The van der Waals surface area contributed by atoms with Crippen molar-refractivity contribution >= 4 is 29.7 Å². The normalized spacial score (nSPS) is 11.6. The van der Waals surface area contributed by atoms with E-state index in [2.05, 4.69) is 4.74 Å². The number of ether oxygens (including phenoxy) is 5. The summed E-state index contributed by atoms with van der Waals surface area (Å²) < 4.78 is 24.7. The molecule has 0 aromatic carbocycles. The highest BCUT2D eigenvalue weighted by atomic mass is 32.2. The average molecular weight is 366 g/mol. The van der Waals surface area contributed by atoms with Crippen LogP contribution in [0.3, 0.4) is 0 Å². The minimum atomic E-state index is -0.842. The van der Waals surface area contributed by atoms with E-state index in [4.69, 9.17) is 18.9 Å². The molecule has 0 aliphatic carbocycles. The van der Waals surface area contributed by atoms with Crippen LogP contribution < -0.4 is 0 Å². The Morgan fingerprint density at radius 3 is 2.00 bits per heavy atom. The SMILES string of the molecule is CCOCCOC(=O)CC(SCC(=O)OC)C(=O)OCCOCC. The predicted octanol–water partition coefficient (Wildman–Crippen LogP) is 0.811. The summed E-state index contributed by atoms with van der Waals surface area (Å²) in [6.07, 6.45) is -0.193. The maximum atomic E-state index is 12.0. The van der Waals surface area contributed by atoms with E-state index in [1.807, 2.05) is 13.8 Å². The molecule has 1 unspecified atom stereocenters. The minimum Gasteiger partial charge on any atom is -0.468 e. The summed E-state index contributed by atoms with van der Waals surface area (Å²) in [4.78, 5) is 35.0. The second kappa shape index (κ2) is 15.2. The first-order chi connectivity index (χ1) is 11.5. The van der Waals surface area contributed by atoms with Crippen molar-refractivity contribution < 1.29 is 38.1 Å². The Morgan fingerprint density at radius 2 is 1.46 bits per heavy atom. The topological polar surface area (TPSA) is 97.4 Å². The van der Waals surface area contributed by atoms with Crippen molar-refractivity contribution in [2.75, 3.05) is 52.5 Å². The fraction of sp³-hybridized carbons (Fsp3) is 0.800. The molecule has 0 bridgehead atoms. The van der Waals surface area contributed by atoms with Gasteiger partial charge in [-0.3, -0.25) is 14.4 Å². The van der Waals surface area contributed by atoms with Gasteiger partial charge in [-0.1, -0.05) is 0 Å². The van der Waals surface area contributed by atoms with Crippen LogP contribution in [-0.4, -0.2) is 75.7 Å². The second-order valence-corrected chi connectivity index (χ2v) is 5.55. The first-order valence-corrected chi connectivity index (χ1v) is 8.76. The van der Waals surface area contributed by atoms with E-state index in [1.165, 1.54) is 7.11 Å². The van der Waals surface area contributed by atoms with E-state index in [-0.39, 0.29) is 32.0 Å². The molecular weight excluding hydrogens is 340 g/mol. The number of carbonyl (C=O) groups is 3. The van der Waals surface area contributed by atoms with Crippen molar-refractivity contribution in [1.29, 1.82) is 0 Å². The van der Waals surface area contributed by atoms with E-state index in [0.29, 0.717) is 19.8 Å². The highest BCUT2D eigenvalue weighted by Gasteiger charge is 2.26. The third-order valence-electron chi connectivity index (χ3n) is 2.62. The first kappa shape index (κ1) is 22.7. The van der Waals surface area contributed by atoms with Gasteiger partial charge in [-0.05, 0) is 13.8 Å². The molecule has 0 saturated heterocycles. The number of hydrogen-bond acceptors (Lipinski definition) is 9. The predicted molar refractivity (Wildman–Crippen MR) is 87.8 cm³/mol. The van der Waals surface area contributed by atoms with Crippen LogP contribution in [0.1, 0.15) is 20.3 Å². The molecule has 24 heavy (non-hydrogen) atoms. The average Bonchev–Trinajstić information content (AvgIpc) is 2.58. The molecule has 0 aliphatic heterocycles. The minimum absolute atomic E-state index is 0.0616. The van der Waals surface area contributed by atoms with Gasteiger partial charge in [-0.15, -0.1) is 11.8 Å². The lowest BCUT2D eigenvalue weighted by Crippen LogP contribution is -2.27. The van der Waals surface area contributed by atoms with Gasteiger partial charge in [0, 0.05) is 13.2 Å². The van der Waals surface area contributed by atoms with E-state index in [1.54, 1.807) is 0 Å². The molecular formula is C15H26O8S. The summed E-state index contributed by atoms with van der Waals surface area (Å²) in [5.74, 6) is -1.70. The van der Waals surface area contributed by atoms with Gasteiger partial charge in [-0.2, -0.15) is 0 Å². The van der Waals surface area contributed by atoms with Gasteiger partial charge >= 0.3 is 17.9 Å². The summed E-state index contributed by atoms with van der Waals surface area (Å²) in [6.45, 7) is 5.47. The van der Waals surface area contributed by atoms with Gasteiger partial charge < -0.3 is 23.7 Å². The van der Waals surface area contributed by atoms with Crippen molar-refractivity contribution in [3.8, 4) is 0 Å². The van der Waals surface area contributed by atoms with Crippen molar-refractivity contribution in [2.45, 2.75) is 25.5 Å². The molecule has 0 saturated carbocycles. The number of carbonyl (C=O) groups excluding carboxylic acids is 3. The maximum Gasteiger partial charge on any atom is 0.319 e. The summed E-state index contributed by atoms with van der Waals surface area (Å²) in [6, 6.07) is 0. The Morgan fingerprint density at radius 1 is 0.875 bits per heavy atom. The van der Waals surface area contributed by atoms with Crippen LogP contribution >= 0.6 is 11.8 Å². The molecule has 0 aliphatic rings. The molecule has 0 aromatic heterocycles. The summed E-state index contributed by atoms with van der Waals surface area (Å²) in [5, 5.41) is -0.842. The Balaban J connectivity index is 4.36. The number of rotatable bonds is 14. The molecule has 1 atom stereocenters. The van der Waals surface area contributed by atoms with Crippen LogP contribution in [0, 0.1) is 0 Å². The van der Waals surface area contributed by atoms with E-state index < -0.39 is 23.2 Å². The Bertz CT molecular complexity index is 374. The molecule has 0 heterocycles. The third kappa shape index (κ3) is 12.1. The lowest BCUT2D eigenvalue weighted by atomic mass is 10.3. The molecule has 0 radical (unpaired) electrons. The standard InChI is InChI=1S/C15H26O8S/c1-4-20-6-8-22-13(16)10-12(24-11-14(17)19-3)15(18)23-9-7-21-5-2/h12H,4-11H2,1-3H3. The van der Waals surface area contributed by atoms with E-state index in [9.17, 15) is 14.4 Å². The molecule has 9 heteroatoms.